The molecule has 0 spiro atoms. The highest BCUT2D eigenvalue weighted by Gasteiger charge is 2.43. The van der Waals surface area contributed by atoms with Crippen LogP contribution in [0.3, 0.4) is 0 Å². The van der Waals surface area contributed by atoms with Gasteiger partial charge < -0.3 is 9.84 Å². The fraction of sp³-hybridized carbons (Fsp3) is 0.545. The molecule has 1 fully saturated rings. The molecular formula is C11H14O3S. The van der Waals surface area contributed by atoms with Crippen molar-refractivity contribution in [3.05, 3.63) is 21.9 Å². The predicted octanol–water partition coefficient (Wildman–Crippen LogP) is 2.75. The van der Waals surface area contributed by atoms with Crippen LogP contribution in [0.25, 0.3) is 0 Å². The molecule has 3 nitrogen and oxygen atoms in total. The summed E-state index contributed by atoms with van der Waals surface area (Å²) in [7, 11) is 0. The van der Waals surface area contributed by atoms with Crippen molar-refractivity contribution in [2.24, 2.45) is 0 Å². The van der Waals surface area contributed by atoms with Crippen molar-refractivity contribution < 1.29 is 14.6 Å². The van der Waals surface area contributed by atoms with Crippen LogP contribution in [0.5, 0.6) is 0 Å². The normalized spacial score (nSPS) is 30.7. The van der Waals surface area contributed by atoms with Crippen molar-refractivity contribution in [2.45, 2.75) is 38.4 Å². The Balaban J connectivity index is 2.14. The molecule has 1 aliphatic rings. The van der Waals surface area contributed by atoms with E-state index in [1.807, 2.05) is 19.1 Å². The van der Waals surface area contributed by atoms with Crippen LogP contribution < -0.4 is 0 Å². The van der Waals surface area contributed by atoms with Crippen LogP contribution in [0, 0.1) is 6.92 Å². The number of rotatable bonds is 2. The van der Waals surface area contributed by atoms with Crippen LogP contribution >= 0.6 is 11.3 Å². The van der Waals surface area contributed by atoms with E-state index in [4.69, 9.17) is 9.84 Å². The number of carbonyl (C=O) groups is 1. The average molecular weight is 226 g/mol. The maximum Gasteiger partial charge on any atom is 0.335 e. The first kappa shape index (κ1) is 10.6. The largest absolute Gasteiger partial charge is 0.479 e. The van der Waals surface area contributed by atoms with Gasteiger partial charge in [-0.05, 0) is 38.8 Å². The average Bonchev–Trinajstić information content (AvgIpc) is 2.73. The summed E-state index contributed by atoms with van der Waals surface area (Å²) in [6.45, 7) is 3.69. The summed E-state index contributed by atoms with van der Waals surface area (Å²) in [5.74, 6) is -0.863. The second-order valence-electron chi connectivity index (χ2n) is 4.13. The number of carboxylic acids is 1. The van der Waals surface area contributed by atoms with Crippen molar-refractivity contribution in [1.29, 1.82) is 0 Å². The van der Waals surface area contributed by atoms with Gasteiger partial charge in [0.1, 0.15) is 0 Å². The lowest BCUT2D eigenvalue weighted by molar-refractivity contribution is -0.161. The van der Waals surface area contributed by atoms with Gasteiger partial charge in [-0.15, -0.1) is 11.3 Å². The van der Waals surface area contributed by atoms with E-state index in [2.05, 4.69) is 0 Å². The standard InChI is InChI=1S/C11H14O3S/c1-7-3-4-9(15-7)8-5-6-11(2,14-8)10(12)13/h3-4,8H,5-6H2,1-2H3,(H,12,13). The topological polar surface area (TPSA) is 46.5 Å². The monoisotopic (exact) mass is 226 g/mol. The van der Waals surface area contributed by atoms with E-state index in [1.165, 1.54) is 4.88 Å². The maximum absolute atomic E-state index is 11.0. The number of carboxylic acid groups (broad SMARTS) is 1. The zero-order valence-corrected chi connectivity index (χ0v) is 9.63. The van der Waals surface area contributed by atoms with Gasteiger partial charge in [-0.3, -0.25) is 0 Å². The number of ether oxygens (including phenoxy) is 1. The number of aryl methyl sites for hydroxylation is 1. The Labute approximate surface area is 92.7 Å². The number of hydrogen-bond donors (Lipinski definition) is 1. The molecule has 1 saturated heterocycles. The molecule has 4 heteroatoms. The summed E-state index contributed by atoms with van der Waals surface area (Å²) >= 11 is 1.68. The molecule has 1 N–H and O–H groups in total. The molecule has 1 aromatic rings. The van der Waals surface area contributed by atoms with Crippen LogP contribution in [0.1, 0.15) is 35.6 Å². The fourth-order valence-corrected chi connectivity index (χ4v) is 2.76. The Morgan fingerprint density at radius 2 is 2.40 bits per heavy atom. The summed E-state index contributed by atoms with van der Waals surface area (Å²) in [4.78, 5) is 13.4. The lowest BCUT2D eigenvalue weighted by Crippen LogP contribution is -2.34. The van der Waals surface area contributed by atoms with Gasteiger partial charge in [0.25, 0.3) is 0 Å². The van der Waals surface area contributed by atoms with Gasteiger partial charge in [-0.25, -0.2) is 4.79 Å². The minimum absolute atomic E-state index is 0.0372. The van der Waals surface area contributed by atoms with Gasteiger partial charge in [0.15, 0.2) is 5.60 Å². The molecule has 0 amide bonds. The first-order valence-corrected chi connectivity index (χ1v) is 5.80. The van der Waals surface area contributed by atoms with Gasteiger partial charge in [0.2, 0.25) is 0 Å². The lowest BCUT2D eigenvalue weighted by atomic mass is 10.0. The third-order valence-corrected chi connectivity index (χ3v) is 3.91. The Kier molecular flexibility index (Phi) is 2.56. The molecule has 0 aliphatic carbocycles. The summed E-state index contributed by atoms with van der Waals surface area (Å²) in [5.41, 5.74) is -0.997. The Bertz CT molecular complexity index is 385. The van der Waals surface area contributed by atoms with E-state index >= 15 is 0 Å². The highest BCUT2D eigenvalue weighted by atomic mass is 32.1. The maximum atomic E-state index is 11.0. The van der Waals surface area contributed by atoms with Crippen molar-refractivity contribution in [3.8, 4) is 0 Å². The molecule has 82 valence electrons. The van der Waals surface area contributed by atoms with Crippen LogP contribution in [0.4, 0.5) is 0 Å². The fourth-order valence-electron chi connectivity index (χ4n) is 1.82. The molecule has 0 saturated carbocycles. The molecule has 0 radical (unpaired) electrons. The quantitative estimate of drug-likeness (QED) is 0.843. The number of hydrogen-bond acceptors (Lipinski definition) is 3. The van der Waals surface area contributed by atoms with E-state index in [0.29, 0.717) is 6.42 Å². The summed E-state index contributed by atoms with van der Waals surface area (Å²) < 4.78 is 5.62. The third kappa shape index (κ3) is 1.92. The summed E-state index contributed by atoms with van der Waals surface area (Å²) in [6.07, 6.45) is 1.34. The van der Waals surface area contributed by atoms with Crippen LogP contribution in [-0.4, -0.2) is 16.7 Å². The predicted molar refractivity (Wildman–Crippen MR) is 58.2 cm³/mol. The van der Waals surface area contributed by atoms with E-state index in [1.54, 1.807) is 18.3 Å². The Hall–Kier alpha value is -0.870. The summed E-state index contributed by atoms with van der Waals surface area (Å²) in [6, 6.07) is 4.07. The molecule has 1 aromatic heterocycles. The third-order valence-electron chi connectivity index (χ3n) is 2.82. The molecule has 2 atom stereocenters. The molecule has 15 heavy (non-hydrogen) atoms. The molecule has 0 aromatic carbocycles. The van der Waals surface area contributed by atoms with Crippen molar-refractivity contribution in [2.75, 3.05) is 0 Å². The molecular weight excluding hydrogens is 212 g/mol. The first-order chi connectivity index (χ1) is 7.01. The van der Waals surface area contributed by atoms with Gasteiger partial charge in [-0.1, -0.05) is 0 Å². The van der Waals surface area contributed by atoms with Crippen LogP contribution in [0.15, 0.2) is 12.1 Å². The summed E-state index contributed by atoms with van der Waals surface area (Å²) in [5, 5.41) is 9.02. The first-order valence-electron chi connectivity index (χ1n) is 4.99. The molecule has 2 rings (SSSR count). The number of aliphatic carboxylic acids is 1. The van der Waals surface area contributed by atoms with E-state index in [9.17, 15) is 4.79 Å². The Morgan fingerprint density at radius 3 is 2.87 bits per heavy atom. The molecule has 2 heterocycles. The van der Waals surface area contributed by atoms with E-state index in [-0.39, 0.29) is 6.10 Å². The van der Waals surface area contributed by atoms with Gasteiger partial charge in [-0.2, -0.15) is 0 Å². The second-order valence-corrected chi connectivity index (χ2v) is 5.45. The minimum atomic E-state index is -0.997. The van der Waals surface area contributed by atoms with Crippen LogP contribution in [0.2, 0.25) is 0 Å². The Morgan fingerprint density at radius 1 is 1.67 bits per heavy atom. The minimum Gasteiger partial charge on any atom is -0.479 e. The van der Waals surface area contributed by atoms with Gasteiger partial charge in [0, 0.05) is 9.75 Å². The molecule has 0 bridgehead atoms. The zero-order valence-electron chi connectivity index (χ0n) is 8.82. The lowest BCUT2D eigenvalue weighted by Gasteiger charge is -2.18. The zero-order chi connectivity index (χ0) is 11.1. The van der Waals surface area contributed by atoms with Gasteiger partial charge in [0.05, 0.1) is 6.10 Å². The van der Waals surface area contributed by atoms with E-state index < -0.39 is 11.6 Å². The molecule has 1 aliphatic heterocycles. The highest BCUT2D eigenvalue weighted by Crippen LogP contribution is 2.41. The smallest absolute Gasteiger partial charge is 0.335 e. The number of thiophene rings is 1. The van der Waals surface area contributed by atoms with E-state index in [0.717, 1.165) is 11.3 Å². The molecule has 2 unspecified atom stereocenters. The van der Waals surface area contributed by atoms with Gasteiger partial charge >= 0.3 is 5.97 Å². The second kappa shape index (κ2) is 3.61. The highest BCUT2D eigenvalue weighted by molar-refractivity contribution is 7.12. The van der Waals surface area contributed by atoms with Crippen molar-refractivity contribution in [3.63, 3.8) is 0 Å². The van der Waals surface area contributed by atoms with Crippen molar-refractivity contribution >= 4 is 17.3 Å². The van der Waals surface area contributed by atoms with Crippen molar-refractivity contribution in [1.82, 2.24) is 0 Å². The SMILES string of the molecule is Cc1ccc(C2CCC(C)(C(=O)O)O2)s1. The van der Waals surface area contributed by atoms with Crippen LogP contribution in [-0.2, 0) is 9.53 Å².